The Bertz CT molecular complexity index is 5230. The van der Waals surface area contributed by atoms with Gasteiger partial charge in [0.1, 0.15) is 23.0 Å². The number of carbonyl (C=O) groups excluding carboxylic acids is 4. The third kappa shape index (κ3) is 18.8. The summed E-state index contributed by atoms with van der Waals surface area (Å²) in [4.78, 5) is 81.6. The zero-order valence-corrected chi connectivity index (χ0v) is 69.4. The summed E-state index contributed by atoms with van der Waals surface area (Å²) < 4.78 is 22.6. The van der Waals surface area contributed by atoms with Gasteiger partial charge in [0.25, 0.3) is 23.6 Å². The number of aliphatic imine (C=N–C) groups is 4. The van der Waals surface area contributed by atoms with E-state index in [0.717, 1.165) is 187 Å². The number of rotatable bonds is 12. The number of amidine groups is 4. The van der Waals surface area contributed by atoms with Crippen LogP contribution in [0, 0.1) is 41.5 Å². The van der Waals surface area contributed by atoms with E-state index >= 15 is 0 Å². The van der Waals surface area contributed by atoms with E-state index in [1.165, 1.54) is 69.3 Å². The van der Waals surface area contributed by atoms with E-state index in [4.69, 9.17) is 33.9 Å². The zero-order valence-electron chi connectivity index (χ0n) is 66.2. The van der Waals surface area contributed by atoms with Crippen LogP contribution >= 0.6 is 47.0 Å². The van der Waals surface area contributed by atoms with Gasteiger partial charge < -0.3 is 18.9 Å². The second-order valence-corrected chi connectivity index (χ2v) is 33.7. The fraction of sp³-hybridized carbons (Fsp3) is 0.304. The van der Waals surface area contributed by atoms with E-state index in [-0.39, 0.29) is 47.8 Å². The largest absolute Gasteiger partial charge is 0.493 e. The maximum Gasteiger partial charge on any atom is 0.271 e. The van der Waals surface area contributed by atoms with Crippen molar-refractivity contribution >= 4 is 138 Å². The molecule has 20 heteroatoms. The van der Waals surface area contributed by atoms with Crippen LogP contribution < -0.4 is 38.5 Å². The molecule has 0 saturated carbocycles. The highest BCUT2D eigenvalue weighted by Crippen LogP contribution is 2.44. The van der Waals surface area contributed by atoms with Crippen molar-refractivity contribution in [2.45, 2.75) is 160 Å². The summed E-state index contributed by atoms with van der Waals surface area (Å²) in [5, 5.41) is 2.95. The van der Waals surface area contributed by atoms with E-state index in [9.17, 15) is 19.2 Å². The van der Waals surface area contributed by atoms with Crippen LogP contribution in [-0.4, -0.2) is 94.9 Å². The van der Waals surface area contributed by atoms with Gasteiger partial charge in [-0.05, 0) is 346 Å². The first-order valence-electron chi connectivity index (χ1n) is 38.5. The molecule has 8 aliphatic rings. The number of carbonyl (C=O) groups is 4. The fourth-order valence-electron chi connectivity index (χ4n) is 13.5. The van der Waals surface area contributed by atoms with E-state index in [0.29, 0.717) is 19.6 Å². The van der Waals surface area contributed by atoms with Gasteiger partial charge in [0, 0.05) is 37.0 Å². The molecule has 0 bridgehead atoms. The first-order valence-corrected chi connectivity index (χ1v) is 41.7. The lowest BCUT2D eigenvalue weighted by Crippen LogP contribution is -2.30. The molecule has 8 aromatic rings. The van der Waals surface area contributed by atoms with Crippen LogP contribution in [0.25, 0.3) is 24.3 Å². The average Bonchev–Trinajstić information content (AvgIpc) is 1.63. The van der Waals surface area contributed by atoms with Crippen molar-refractivity contribution in [2.24, 2.45) is 20.0 Å². The Labute approximate surface area is 675 Å². The van der Waals surface area contributed by atoms with E-state index in [1.54, 1.807) is 19.6 Å². The van der Waals surface area contributed by atoms with Crippen molar-refractivity contribution < 1.29 is 38.1 Å². The molecular formula is C92H96N8O8S4. The summed E-state index contributed by atoms with van der Waals surface area (Å²) in [6, 6.07) is 53.0. The highest BCUT2D eigenvalue weighted by Gasteiger charge is 2.40. The Morgan fingerprint density at radius 3 is 0.911 bits per heavy atom. The number of hydrogen-bond donors (Lipinski definition) is 0. The molecule has 16 rings (SSSR count). The van der Waals surface area contributed by atoms with Gasteiger partial charge >= 0.3 is 0 Å². The highest BCUT2D eigenvalue weighted by molar-refractivity contribution is 8.20. The molecule has 4 amide bonds. The quantitative estimate of drug-likeness (QED) is 0.106. The molecule has 112 heavy (non-hydrogen) atoms. The molecule has 8 heterocycles. The lowest BCUT2D eigenvalue weighted by molar-refractivity contribution is -0.114. The van der Waals surface area contributed by atoms with Gasteiger partial charge in [-0.15, -0.1) is 0 Å². The van der Waals surface area contributed by atoms with Crippen molar-refractivity contribution in [1.82, 2.24) is 0 Å². The average molecular weight is 1570 g/mol. The standard InChI is InChI=1S/C24H26N2O2S.2C23H24N2O2S.C22H22N2O2S/c1-15(2)25-24-26(20-9-5-7-16(3)17(20)4)23(27)22(29-24)14-18-10-11-21-19(13-18)8-6-12-28-21;1-14(2)24-23-25(19-7-5-6-15(3)16(19)4)22(26)21(28-23)13-17-8-9-20-18(12-17)10-11-27-20;1-15(2)24-23-25(19-9-6-16(3)7-10-19)22(26)21(28-23)14-17-8-11-20-18(13-17)5-4-12-27-20;1-14(2)23-22-24(18-7-4-15(3)5-8-18)21(25)20(27-22)13-16-6-9-19-17(12-16)10-11-26-19/h5,7,9-11,13-15H,6,8,12H2,1-4H3;5-9,12-14H,10-11H2,1-4H3;6-11,13-15H,4-5,12H2,1-3H3;4-9,12-14H,10-11H2,1-3H3/b22-14-,25-24?;21-13-,24-23?;21-14-,24-23?;20-13-,23-22?. The zero-order chi connectivity index (χ0) is 79.0. The molecular weight excluding hydrogens is 1470 g/mol. The molecule has 4 fully saturated rings. The fourth-order valence-corrected chi connectivity index (χ4v) is 17.9. The Morgan fingerprint density at radius 2 is 0.607 bits per heavy atom. The lowest BCUT2D eigenvalue weighted by atomic mass is 10.0. The topological polar surface area (TPSA) is 168 Å². The Hall–Kier alpha value is -10.1. The minimum atomic E-state index is -0.0278. The van der Waals surface area contributed by atoms with Gasteiger partial charge in [-0.3, -0.25) is 58.7 Å². The van der Waals surface area contributed by atoms with Gasteiger partial charge in [0.2, 0.25) is 0 Å². The SMILES string of the molecule is Cc1ccc(N2C(=O)/C(=C/c3ccc4c(c3)CCCO4)SC2=NC(C)C)cc1.Cc1ccc(N2C(=O)/C(=C/c3ccc4c(c3)CCO4)SC2=NC(C)C)cc1.Cc1cccc(N2C(=O)/C(=C/c3ccc4c(c3)CCCO4)SC2=NC(C)C)c1C.Cc1cccc(N2C(=O)/C(=C/c3ccc4c(c3)CCO4)SC2=NC(C)C)c1C. The van der Waals surface area contributed by atoms with Crippen LogP contribution in [0.4, 0.5) is 22.7 Å². The number of anilines is 4. The van der Waals surface area contributed by atoms with Crippen molar-refractivity contribution in [1.29, 1.82) is 0 Å². The predicted octanol–water partition coefficient (Wildman–Crippen LogP) is 20.7. The van der Waals surface area contributed by atoms with Crippen molar-refractivity contribution in [3.8, 4) is 23.0 Å². The molecule has 0 aliphatic carbocycles. The molecule has 0 aromatic heterocycles. The lowest BCUT2D eigenvalue weighted by Gasteiger charge is -2.20. The van der Waals surface area contributed by atoms with Crippen molar-refractivity contribution in [3.63, 3.8) is 0 Å². The van der Waals surface area contributed by atoms with Gasteiger partial charge in [0.05, 0.1) is 68.8 Å². The van der Waals surface area contributed by atoms with E-state index in [2.05, 4.69) is 69.1 Å². The third-order valence-electron chi connectivity index (χ3n) is 19.4. The Kier molecular flexibility index (Phi) is 25.5. The molecule has 576 valence electrons. The number of benzene rings is 8. The summed E-state index contributed by atoms with van der Waals surface area (Å²) in [6.07, 6.45) is 13.8. The van der Waals surface area contributed by atoms with Gasteiger partial charge in [-0.2, -0.15) is 0 Å². The number of thioether (sulfide) groups is 4. The first-order chi connectivity index (χ1) is 53.9. The second-order valence-electron chi connectivity index (χ2n) is 29.7. The Morgan fingerprint density at radius 1 is 0.330 bits per heavy atom. The first kappa shape index (κ1) is 79.9. The number of aryl methyl sites for hydroxylation is 6. The van der Waals surface area contributed by atoms with Crippen LogP contribution in [-0.2, 0) is 44.9 Å². The summed E-state index contributed by atoms with van der Waals surface area (Å²) in [5.41, 5.74) is 19.3. The molecule has 0 unspecified atom stereocenters. The molecule has 0 atom stereocenters. The number of ether oxygens (including phenoxy) is 4. The second kappa shape index (κ2) is 35.7. The summed E-state index contributed by atoms with van der Waals surface area (Å²) >= 11 is 5.78. The van der Waals surface area contributed by atoms with Crippen molar-refractivity contribution in [3.05, 3.63) is 255 Å². The van der Waals surface area contributed by atoms with E-state index in [1.807, 2.05) is 215 Å². The molecule has 4 saturated heterocycles. The third-order valence-corrected chi connectivity index (χ3v) is 23.3. The molecule has 0 N–H and O–H groups in total. The molecule has 0 radical (unpaired) electrons. The van der Waals surface area contributed by atoms with Crippen LogP contribution in [0.15, 0.2) is 197 Å². The Balaban J connectivity index is 0.000000131. The molecule has 8 aromatic carbocycles. The van der Waals surface area contributed by atoms with Gasteiger partial charge in [-0.1, -0.05) is 83.9 Å². The number of nitrogens with zero attached hydrogens (tertiary/aromatic N) is 8. The summed E-state index contributed by atoms with van der Waals surface area (Å²) in [6.45, 7) is 31.6. The minimum Gasteiger partial charge on any atom is -0.493 e. The summed E-state index contributed by atoms with van der Waals surface area (Å²) in [5.74, 6) is 3.73. The maximum atomic E-state index is 13.4. The number of hydrogen-bond acceptors (Lipinski definition) is 16. The van der Waals surface area contributed by atoms with Crippen molar-refractivity contribution in [2.75, 3.05) is 46.0 Å². The monoisotopic (exact) mass is 1570 g/mol. The van der Waals surface area contributed by atoms with Gasteiger partial charge in [-0.25, -0.2) is 0 Å². The molecule has 8 aliphatic heterocycles. The number of amides is 4. The minimum absolute atomic E-state index is 0.0166. The van der Waals surface area contributed by atoms with Crippen LogP contribution in [0.1, 0.15) is 146 Å². The molecule has 0 spiro atoms. The van der Waals surface area contributed by atoms with Crippen LogP contribution in [0.3, 0.4) is 0 Å². The maximum absolute atomic E-state index is 13.4. The predicted molar refractivity (Wildman–Crippen MR) is 468 cm³/mol. The highest BCUT2D eigenvalue weighted by atomic mass is 32.2. The van der Waals surface area contributed by atoms with Gasteiger partial charge in [0.15, 0.2) is 20.7 Å². The smallest absolute Gasteiger partial charge is 0.271 e. The molecule has 16 nitrogen and oxygen atoms in total. The van der Waals surface area contributed by atoms with Crippen LogP contribution in [0.5, 0.6) is 23.0 Å². The summed E-state index contributed by atoms with van der Waals surface area (Å²) in [7, 11) is 0. The number of fused-ring (bicyclic) bond motifs is 4. The van der Waals surface area contributed by atoms with Crippen LogP contribution in [0.2, 0.25) is 0 Å². The van der Waals surface area contributed by atoms with E-state index < -0.39 is 0 Å². The normalized spacial score (nSPS) is 19.2.